The minimum atomic E-state index is -2.10. The molecular formula is C39H3F9N14. The van der Waals surface area contributed by atoms with Gasteiger partial charge in [-0.15, -0.1) is 0 Å². The SMILES string of the molecule is Cc1nc(C(C#N)=C2C(F)=c3c(c4c(c5c3=C(F)/C(=C(/C#N)c3nc(C#N)c(F)c(C#N)n3)C=5F)=C(F)/C(=C(/C#N)c3nc(C#N)c(F)c(C#N)n3)C=4F)=C2F)nc(C#N)c1F. The van der Waals surface area contributed by atoms with Gasteiger partial charge in [0, 0.05) is 31.3 Å². The van der Waals surface area contributed by atoms with Gasteiger partial charge in [0.15, 0.2) is 63.4 Å². The third-order valence-electron chi connectivity index (χ3n) is 9.14. The van der Waals surface area contributed by atoms with E-state index >= 15 is 26.3 Å². The molecule has 0 amide bonds. The fraction of sp³-hybridized carbons (Fsp3) is 0.0256. The summed E-state index contributed by atoms with van der Waals surface area (Å²) in [4.78, 5) is 20.7. The van der Waals surface area contributed by atoms with Gasteiger partial charge >= 0.3 is 0 Å². The van der Waals surface area contributed by atoms with Gasteiger partial charge in [0.1, 0.15) is 100 Å². The topological polar surface area (TPSA) is 268 Å². The average molecular weight is 839 g/mol. The number of fused-ring (bicyclic) bond motifs is 6. The van der Waals surface area contributed by atoms with Crippen LogP contribution in [0.5, 0.6) is 0 Å². The summed E-state index contributed by atoms with van der Waals surface area (Å²) in [5.74, 6) is -20.5. The summed E-state index contributed by atoms with van der Waals surface area (Å²) in [6, 6.07) is 10.1. The fourth-order valence-corrected chi connectivity index (χ4v) is 6.58. The molecule has 0 saturated carbocycles. The first-order chi connectivity index (χ1) is 29.6. The largest absolute Gasteiger partial charge is 0.230 e. The van der Waals surface area contributed by atoms with Crippen LogP contribution >= 0.6 is 0 Å². The first kappa shape index (κ1) is 40.4. The van der Waals surface area contributed by atoms with E-state index < -0.39 is 169 Å². The van der Waals surface area contributed by atoms with Crippen molar-refractivity contribution in [3.05, 3.63) is 117 Å². The Hall–Kier alpha value is -9.81. The van der Waals surface area contributed by atoms with E-state index in [4.69, 9.17) is 0 Å². The summed E-state index contributed by atoms with van der Waals surface area (Å²) >= 11 is 0. The number of rotatable bonds is 3. The number of hydrogen-bond donors (Lipinski definition) is 0. The molecule has 0 unspecified atom stereocenters. The molecule has 0 N–H and O–H groups in total. The fourth-order valence-electron chi connectivity index (χ4n) is 6.58. The predicted octanol–water partition coefficient (Wildman–Crippen LogP) is 1.58. The Morgan fingerprint density at radius 2 is 0.548 bits per heavy atom. The summed E-state index contributed by atoms with van der Waals surface area (Å²) < 4.78 is 146. The normalized spacial score (nSPS) is 15.8. The maximum Gasteiger partial charge on any atom is 0.196 e. The van der Waals surface area contributed by atoms with E-state index in [1.165, 1.54) is 48.6 Å². The van der Waals surface area contributed by atoms with Gasteiger partial charge in [-0.1, -0.05) is 0 Å². The smallest absolute Gasteiger partial charge is 0.196 e. The molecule has 0 bridgehead atoms. The number of halogens is 9. The van der Waals surface area contributed by atoms with Crippen molar-refractivity contribution in [2.45, 2.75) is 6.92 Å². The van der Waals surface area contributed by atoms with Gasteiger partial charge in [-0.2, -0.15) is 42.1 Å². The lowest BCUT2D eigenvalue weighted by Gasteiger charge is -2.06. The molecule has 0 saturated heterocycles. The number of aromatic nitrogens is 6. The molecule has 3 heterocycles. The van der Waals surface area contributed by atoms with E-state index in [2.05, 4.69) is 29.9 Å². The highest BCUT2D eigenvalue weighted by atomic mass is 19.2. The Kier molecular flexibility index (Phi) is 9.47. The third-order valence-corrected chi connectivity index (χ3v) is 9.14. The molecule has 3 aromatic heterocycles. The minimum absolute atomic E-state index is 0.632. The molecule has 23 heteroatoms. The maximum atomic E-state index is 17.0. The van der Waals surface area contributed by atoms with Gasteiger partial charge in [-0.05, 0) is 6.92 Å². The summed E-state index contributed by atoms with van der Waals surface area (Å²) in [7, 11) is 0. The zero-order valence-corrected chi connectivity index (χ0v) is 29.7. The number of allylic oxidation sites excluding steroid dienone is 6. The van der Waals surface area contributed by atoms with Crippen molar-refractivity contribution in [2.24, 2.45) is 0 Å². The molecule has 14 nitrogen and oxygen atoms in total. The lowest BCUT2D eigenvalue weighted by Crippen LogP contribution is -2.64. The van der Waals surface area contributed by atoms with Crippen LogP contribution in [0.15, 0.2) is 16.7 Å². The molecular weight excluding hydrogens is 836 g/mol. The van der Waals surface area contributed by atoms with Crippen LogP contribution in [-0.4, -0.2) is 29.9 Å². The second-order valence-electron chi connectivity index (χ2n) is 12.2. The second-order valence-corrected chi connectivity index (χ2v) is 12.2. The van der Waals surface area contributed by atoms with Gasteiger partial charge in [0.2, 0.25) is 0 Å². The van der Waals surface area contributed by atoms with Gasteiger partial charge in [-0.25, -0.2) is 69.4 Å². The maximum absolute atomic E-state index is 17.0. The van der Waals surface area contributed by atoms with Crippen LogP contribution in [0.3, 0.4) is 0 Å². The number of hydrogen-bond acceptors (Lipinski definition) is 14. The van der Waals surface area contributed by atoms with E-state index in [-0.39, 0.29) is 0 Å². The monoisotopic (exact) mass is 838 g/mol. The standard InChI is InChI=1S/C39H3F9N14/c1-10-28(40)14(5-52)58-37(57-10)11(2-49)19-31(43)22-23(32(19)44)25-27(36(48)21(34(25)46)13(4-51)39-61-17(8-55)30(42)18(9-56)62-39)26-24(22)33(45)20(35(26)47)12(3-50)38-59-15(6-53)29(41)16(7-54)60-38/h1H3/b19-11?,20-12-,21-13+. The third kappa shape index (κ3) is 5.38. The summed E-state index contributed by atoms with van der Waals surface area (Å²) in [6.07, 6.45) is 0. The van der Waals surface area contributed by atoms with Crippen LogP contribution < -0.4 is 31.3 Å². The number of benzene rings is 1. The van der Waals surface area contributed by atoms with Crippen LogP contribution in [0, 0.1) is 115 Å². The van der Waals surface area contributed by atoms with Gasteiger partial charge in [0.25, 0.3) is 0 Å². The first-order valence-electron chi connectivity index (χ1n) is 16.2. The van der Waals surface area contributed by atoms with Crippen LogP contribution in [0.2, 0.25) is 0 Å². The molecule has 0 atom stereocenters. The molecule has 0 radical (unpaired) electrons. The molecule has 3 aliphatic carbocycles. The molecule has 292 valence electrons. The van der Waals surface area contributed by atoms with Crippen molar-refractivity contribution in [2.75, 3.05) is 0 Å². The second kappa shape index (κ2) is 14.5. The lowest BCUT2D eigenvalue weighted by molar-refractivity contribution is 0.595. The van der Waals surface area contributed by atoms with E-state index in [1.54, 1.807) is 0 Å². The van der Waals surface area contributed by atoms with Crippen molar-refractivity contribution in [1.82, 2.24) is 29.9 Å². The quantitative estimate of drug-likeness (QED) is 0.210. The van der Waals surface area contributed by atoms with Crippen molar-refractivity contribution in [3.8, 4) is 48.6 Å². The lowest BCUT2D eigenvalue weighted by atomic mass is 10.1. The molecule has 3 aliphatic rings. The predicted molar refractivity (Wildman–Crippen MR) is 183 cm³/mol. The highest BCUT2D eigenvalue weighted by Gasteiger charge is 2.39. The summed E-state index contributed by atoms with van der Waals surface area (Å²) in [6.45, 7) is 0.964. The van der Waals surface area contributed by atoms with E-state index in [9.17, 15) is 55.3 Å². The number of nitriles is 8. The van der Waals surface area contributed by atoms with E-state index in [0.29, 0.717) is 0 Å². The van der Waals surface area contributed by atoms with Crippen molar-refractivity contribution in [1.29, 1.82) is 42.1 Å². The first-order valence-corrected chi connectivity index (χ1v) is 16.2. The van der Waals surface area contributed by atoms with Gasteiger partial charge in [0.05, 0.1) is 22.4 Å². The molecule has 1 aromatic carbocycles. The highest BCUT2D eigenvalue weighted by molar-refractivity contribution is 6.04. The Balaban J connectivity index is 1.81. The molecule has 62 heavy (non-hydrogen) atoms. The summed E-state index contributed by atoms with van der Waals surface area (Å²) in [5, 5.41) is 68.2. The Labute approximate surface area is 335 Å². The Bertz CT molecular complexity index is 3570. The van der Waals surface area contributed by atoms with Crippen LogP contribution in [0.1, 0.15) is 51.6 Å². The van der Waals surface area contributed by atoms with E-state index in [0.717, 1.165) is 6.92 Å². The van der Waals surface area contributed by atoms with E-state index in [1.807, 2.05) is 0 Å². The van der Waals surface area contributed by atoms with Crippen LogP contribution in [-0.2, 0) is 0 Å². The number of nitrogens with zero attached hydrogens (tertiary/aromatic N) is 14. The summed E-state index contributed by atoms with van der Waals surface area (Å²) in [5.41, 5.74) is -15.4. The average Bonchev–Trinajstić information content (AvgIpc) is 3.78. The highest BCUT2D eigenvalue weighted by Crippen LogP contribution is 2.36. The van der Waals surface area contributed by atoms with Crippen molar-refractivity contribution < 1.29 is 39.5 Å². The molecule has 0 aliphatic heterocycles. The molecule has 4 aromatic rings. The van der Waals surface area contributed by atoms with Gasteiger partial charge in [-0.3, -0.25) is 0 Å². The Morgan fingerprint density at radius 3 is 0.758 bits per heavy atom. The van der Waals surface area contributed by atoms with Crippen molar-refractivity contribution in [3.63, 3.8) is 0 Å². The zero-order valence-electron chi connectivity index (χ0n) is 29.7. The molecule has 7 rings (SSSR count). The van der Waals surface area contributed by atoms with Crippen LogP contribution in [0.25, 0.3) is 51.7 Å². The minimum Gasteiger partial charge on any atom is -0.230 e. The van der Waals surface area contributed by atoms with Crippen molar-refractivity contribution >= 4 is 51.7 Å². The van der Waals surface area contributed by atoms with Gasteiger partial charge < -0.3 is 0 Å². The molecule has 0 spiro atoms. The Morgan fingerprint density at radius 1 is 0.339 bits per heavy atom. The number of aryl methyl sites for hydroxylation is 1. The van der Waals surface area contributed by atoms with Crippen LogP contribution in [0.4, 0.5) is 39.5 Å². The molecule has 0 fully saturated rings. The zero-order chi connectivity index (χ0) is 45.2.